The molecule has 0 aliphatic carbocycles. The van der Waals surface area contributed by atoms with Crippen molar-refractivity contribution >= 4 is 35.6 Å². The zero-order valence-corrected chi connectivity index (χ0v) is 27.2. The van der Waals surface area contributed by atoms with E-state index in [-0.39, 0.29) is 39.3 Å². The largest absolute Gasteiger partial charge is 0.466 e. The fourth-order valence-electron chi connectivity index (χ4n) is 4.01. The first kappa shape index (κ1) is 39.2. The van der Waals surface area contributed by atoms with Crippen LogP contribution in [0.3, 0.4) is 0 Å². The highest BCUT2D eigenvalue weighted by Gasteiger charge is 2.34. The van der Waals surface area contributed by atoms with Crippen LogP contribution in [-0.4, -0.2) is 60.8 Å². The molecule has 0 aromatic heterocycles. The lowest BCUT2D eigenvalue weighted by molar-refractivity contribution is -0.150. The Labute approximate surface area is 253 Å². The SMILES string of the molecule is CCCCCCOC(=O)C[C@H](S[C@@H](CC(=O)OCCCCCC)C(=O)OCCCCCC)C(=O)OCCCCCC. The molecule has 9 heteroatoms. The predicted molar refractivity (Wildman–Crippen MR) is 165 cm³/mol. The number of unbranched alkanes of at least 4 members (excludes halogenated alkanes) is 12. The minimum absolute atomic E-state index is 0.238. The average Bonchev–Trinajstić information content (AvgIpc) is 2.95. The first-order valence-corrected chi connectivity index (χ1v) is 17.1. The number of ether oxygens (including phenoxy) is 4. The van der Waals surface area contributed by atoms with E-state index < -0.39 is 34.4 Å². The fourth-order valence-corrected chi connectivity index (χ4v) is 5.23. The maximum atomic E-state index is 13.1. The van der Waals surface area contributed by atoms with Crippen molar-refractivity contribution in [2.45, 2.75) is 154 Å². The van der Waals surface area contributed by atoms with Crippen LogP contribution in [0.5, 0.6) is 0 Å². The summed E-state index contributed by atoms with van der Waals surface area (Å²) in [6.45, 7) is 9.49. The number of hydrogen-bond donors (Lipinski definition) is 0. The summed E-state index contributed by atoms with van der Waals surface area (Å²) in [7, 11) is 0. The molecule has 240 valence electrons. The van der Waals surface area contributed by atoms with Crippen LogP contribution >= 0.6 is 11.8 Å². The van der Waals surface area contributed by atoms with Crippen LogP contribution in [-0.2, 0) is 38.1 Å². The fraction of sp³-hybridized carbons (Fsp3) is 0.875. The van der Waals surface area contributed by atoms with Crippen molar-refractivity contribution in [2.24, 2.45) is 0 Å². The van der Waals surface area contributed by atoms with E-state index in [0.717, 1.165) is 114 Å². The van der Waals surface area contributed by atoms with E-state index in [1.54, 1.807) is 0 Å². The highest BCUT2D eigenvalue weighted by molar-refractivity contribution is 8.01. The van der Waals surface area contributed by atoms with Crippen LogP contribution in [0.4, 0.5) is 0 Å². The zero-order chi connectivity index (χ0) is 30.6. The lowest BCUT2D eigenvalue weighted by atomic mass is 10.2. The summed E-state index contributed by atoms with van der Waals surface area (Å²) in [4.78, 5) is 51.4. The molecule has 41 heavy (non-hydrogen) atoms. The van der Waals surface area contributed by atoms with Crippen molar-refractivity contribution in [1.29, 1.82) is 0 Å². The van der Waals surface area contributed by atoms with Crippen LogP contribution in [0.15, 0.2) is 0 Å². The van der Waals surface area contributed by atoms with E-state index in [1.165, 1.54) is 0 Å². The molecule has 0 aromatic carbocycles. The van der Waals surface area contributed by atoms with Crippen LogP contribution in [0.25, 0.3) is 0 Å². The Kier molecular flexibility index (Phi) is 27.1. The molecule has 0 amide bonds. The number of carbonyl (C=O) groups is 4. The quantitative estimate of drug-likeness (QED) is 0.0505. The Morgan fingerprint density at radius 1 is 0.439 bits per heavy atom. The Bertz CT molecular complexity index is 629. The lowest BCUT2D eigenvalue weighted by Gasteiger charge is -2.21. The van der Waals surface area contributed by atoms with Gasteiger partial charge in [0.15, 0.2) is 0 Å². The maximum absolute atomic E-state index is 13.1. The monoisotopic (exact) mass is 602 g/mol. The van der Waals surface area contributed by atoms with Crippen molar-refractivity contribution in [1.82, 2.24) is 0 Å². The number of rotatable bonds is 28. The summed E-state index contributed by atoms with van der Waals surface area (Å²) in [6.07, 6.45) is 14.8. The Balaban J connectivity index is 5.37. The number of hydrogen-bond acceptors (Lipinski definition) is 9. The second-order valence-corrected chi connectivity index (χ2v) is 12.0. The molecule has 0 radical (unpaired) electrons. The average molecular weight is 603 g/mol. The molecule has 0 unspecified atom stereocenters. The highest BCUT2D eigenvalue weighted by Crippen LogP contribution is 2.27. The predicted octanol–water partition coefficient (Wildman–Crippen LogP) is 7.73. The standard InChI is InChI=1S/C32H58O8S/c1-5-9-13-17-21-37-29(33)25-27(31(35)39-23-19-15-11-7-3)41-28(32(36)40-24-20-16-12-8-4)26-30(34)38-22-18-14-10-6-2/h27-28H,5-26H2,1-4H3/t27-,28-/m0/s1. The number of thioether (sulfide) groups is 1. The van der Waals surface area contributed by atoms with Gasteiger partial charge in [-0.1, -0.05) is 105 Å². The van der Waals surface area contributed by atoms with E-state index in [9.17, 15) is 19.2 Å². The van der Waals surface area contributed by atoms with Gasteiger partial charge in [-0.2, -0.15) is 0 Å². The van der Waals surface area contributed by atoms with Gasteiger partial charge < -0.3 is 18.9 Å². The molecule has 0 bridgehead atoms. The summed E-state index contributed by atoms with van der Waals surface area (Å²) < 4.78 is 21.7. The lowest BCUT2D eigenvalue weighted by Crippen LogP contribution is -2.32. The molecular formula is C32H58O8S. The van der Waals surface area contributed by atoms with E-state index in [2.05, 4.69) is 27.7 Å². The van der Waals surface area contributed by atoms with Gasteiger partial charge in [0.1, 0.15) is 10.5 Å². The summed E-state index contributed by atoms with van der Waals surface area (Å²) in [5, 5.41) is -1.97. The first-order chi connectivity index (χ1) is 19.9. The van der Waals surface area contributed by atoms with Gasteiger partial charge in [0.25, 0.3) is 0 Å². The molecule has 0 rings (SSSR count). The topological polar surface area (TPSA) is 105 Å². The van der Waals surface area contributed by atoms with Gasteiger partial charge in [0.2, 0.25) is 0 Å². The van der Waals surface area contributed by atoms with Gasteiger partial charge in [-0.3, -0.25) is 19.2 Å². The van der Waals surface area contributed by atoms with Gasteiger partial charge in [-0.25, -0.2) is 0 Å². The minimum atomic E-state index is -0.987. The van der Waals surface area contributed by atoms with Crippen LogP contribution in [0.1, 0.15) is 143 Å². The highest BCUT2D eigenvalue weighted by atomic mass is 32.2. The Hall–Kier alpha value is -1.77. The molecule has 0 saturated carbocycles. The van der Waals surface area contributed by atoms with Gasteiger partial charge in [0.05, 0.1) is 39.3 Å². The van der Waals surface area contributed by atoms with Crippen LogP contribution in [0.2, 0.25) is 0 Å². The van der Waals surface area contributed by atoms with Gasteiger partial charge in [-0.15, -0.1) is 11.8 Å². The van der Waals surface area contributed by atoms with Crippen molar-refractivity contribution in [3.63, 3.8) is 0 Å². The second-order valence-electron chi connectivity index (χ2n) is 10.5. The van der Waals surface area contributed by atoms with Gasteiger partial charge >= 0.3 is 23.9 Å². The Morgan fingerprint density at radius 2 is 0.732 bits per heavy atom. The molecule has 0 aliphatic heterocycles. The molecule has 0 heterocycles. The zero-order valence-electron chi connectivity index (χ0n) is 26.4. The van der Waals surface area contributed by atoms with E-state index >= 15 is 0 Å². The molecule has 0 aromatic rings. The number of carbonyl (C=O) groups excluding carboxylic acids is 4. The normalized spacial score (nSPS) is 12.4. The van der Waals surface area contributed by atoms with Crippen LogP contribution < -0.4 is 0 Å². The van der Waals surface area contributed by atoms with Gasteiger partial charge in [-0.05, 0) is 25.7 Å². The molecular weight excluding hydrogens is 544 g/mol. The molecule has 0 saturated heterocycles. The summed E-state index contributed by atoms with van der Waals surface area (Å²) in [5.41, 5.74) is 0. The van der Waals surface area contributed by atoms with Crippen molar-refractivity contribution in [3.05, 3.63) is 0 Å². The van der Waals surface area contributed by atoms with Crippen LogP contribution in [0, 0.1) is 0 Å². The molecule has 8 nitrogen and oxygen atoms in total. The summed E-state index contributed by atoms with van der Waals surface area (Å²) in [5.74, 6) is -2.20. The third kappa shape index (κ3) is 23.5. The molecule has 2 atom stereocenters. The molecule has 0 N–H and O–H groups in total. The molecule has 0 fully saturated rings. The van der Waals surface area contributed by atoms with E-state index in [1.807, 2.05) is 0 Å². The number of esters is 4. The second kappa shape index (κ2) is 28.4. The minimum Gasteiger partial charge on any atom is -0.466 e. The Morgan fingerprint density at radius 3 is 1.02 bits per heavy atom. The molecule has 0 spiro atoms. The summed E-state index contributed by atoms with van der Waals surface area (Å²) >= 11 is 0.943. The maximum Gasteiger partial charge on any atom is 0.319 e. The van der Waals surface area contributed by atoms with Gasteiger partial charge in [0, 0.05) is 0 Å². The van der Waals surface area contributed by atoms with E-state index in [4.69, 9.17) is 18.9 Å². The van der Waals surface area contributed by atoms with Crippen molar-refractivity contribution in [2.75, 3.05) is 26.4 Å². The first-order valence-electron chi connectivity index (χ1n) is 16.2. The molecule has 0 aliphatic rings. The third-order valence-corrected chi connectivity index (χ3v) is 7.94. The van der Waals surface area contributed by atoms with E-state index in [0.29, 0.717) is 0 Å². The van der Waals surface area contributed by atoms with Crippen molar-refractivity contribution < 1.29 is 38.1 Å². The third-order valence-electron chi connectivity index (χ3n) is 6.56. The smallest absolute Gasteiger partial charge is 0.319 e. The summed E-state index contributed by atoms with van der Waals surface area (Å²) in [6, 6.07) is 0. The van der Waals surface area contributed by atoms with Crippen molar-refractivity contribution in [3.8, 4) is 0 Å².